The molecule has 0 aliphatic carbocycles. The van der Waals surface area contributed by atoms with E-state index in [1.807, 2.05) is 74.5 Å². The summed E-state index contributed by atoms with van der Waals surface area (Å²) < 4.78 is 5.08. The van der Waals surface area contributed by atoms with Gasteiger partial charge in [-0.1, -0.05) is 53.9 Å². The molecular formula is C22H21N3O3S2. The first-order chi connectivity index (χ1) is 14.5. The summed E-state index contributed by atoms with van der Waals surface area (Å²) in [4.78, 5) is 34.7. The second kappa shape index (κ2) is 10.8. The second-order valence-corrected chi connectivity index (χ2v) is 8.40. The van der Waals surface area contributed by atoms with Gasteiger partial charge >= 0.3 is 5.97 Å². The van der Waals surface area contributed by atoms with Crippen LogP contribution in [-0.4, -0.2) is 34.2 Å². The molecular weight excluding hydrogens is 418 g/mol. The van der Waals surface area contributed by atoms with Crippen LogP contribution in [0.1, 0.15) is 11.4 Å². The lowest BCUT2D eigenvalue weighted by atomic mass is 10.3. The van der Waals surface area contributed by atoms with Gasteiger partial charge in [0.15, 0.2) is 11.8 Å². The van der Waals surface area contributed by atoms with E-state index in [1.165, 1.54) is 11.8 Å². The molecule has 0 bridgehead atoms. The minimum atomic E-state index is -0.496. The minimum absolute atomic E-state index is 0.0383. The maximum Gasteiger partial charge on any atom is 0.316 e. The fraction of sp³-hybridized carbons (Fsp3) is 0.182. The van der Waals surface area contributed by atoms with Crippen LogP contribution >= 0.6 is 23.5 Å². The summed E-state index contributed by atoms with van der Waals surface area (Å²) in [5.41, 5.74) is 2.35. The van der Waals surface area contributed by atoms with Crippen molar-refractivity contribution in [3.8, 4) is 0 Å². The van der Waals surface area contributed by atoms with E-state index in [-0.39, 0.29) is 12.4 Å². The van der Waals surface area contributed by atoms with Crippen molar-refractivity contribution in [2.24, 2.45) is 0 Å². The van der Waals surface area contributed by atoms with E-state index >= 15 is 0 Å². The number of carbonyl (C=O) groups excluding carboxylic acids is 2. The van der Waals surface area contributed by atoms with Crippen LogP contribution < -0.4 is 5.32 Å². The zero-order valence-electron chi connectivity index (χ0n) is 16.6. The lowest BCUT2D eigenvalue weighted by Gasteiger charge is -2.11. The average molecular weight is 440 g/mol. The molecule has 3 rings (SSSR count). The lowest BCUT2D eigenvalue weighted by molar-refractivity contribution is -0.144. The van der Waals surface area contributed by atoms with Crippen molar-refractivity contribution in [2.45, 2.75) is 28.8 Å². The van der Waals surface area contributed by atoms with Crippen LogP contribution in [-0.2, 0) is 14.3 Å². The zero-order chi connectivity index (χ0) is 21.3. The fourth-order valence-electron chi connectivity index (χ4n) is 2.53. The number of amides is 1. The van der Waals surface area contributed by atoms with Crippen molar-refractivity contribution in [3.05, 3.63) is 72.1 Å². The standard InChI is InChI=1S/C22H21N3O3S2/c1-15-12-16(2)24-22(23-15)29-14-21(27)28-13-20(26)25-18-10-6-7-11-19(18)30-17-8-4-3-5-9-17/h3-12H,13-14H2,1-2H3,(H,25,26). The molecule has 1 aromatic heterocycles. The number of nitrogens with zero attached hydrogens (tertiary/aromatic N) is 2. The van der Waals surface area contributed by atoms with Gasteiger partial charge in [-0.15, -0.1) is 0 Å². The molecule has 8 heteroatoms. The van der Waals surface area contributed by atoms with Crippen LogP contribution in [0.3, 0.4) is 0 Å². The number of aromatic nitrogens is 2. The molecule has 30 heavy (non-hydrogen) atoms. The van der Waals surface area contributed by atoms with Crippen LogP contribution in [0, 0.1) is 13.8 Å². The van der Waals surface area contributed by atoms with Gasteiger partial charge < -0.3 is 10.1 Å². The quantitative estimate of drug-likeness (QED) is 0.314. The summed E-state index contributed by atoms with van der Waals surface area (Å²) in [6.45, 7) is 3.39. The first kappa shape index (κ1) is 21.9. The normalized spacial score (nSPS) is 10.5. The Morgan fingerprint density at radius 3 is 2.37 bits per heavy atom. The second-order valence-electron chi connectivity index (χ2n) is 6.34. The Bertz CT molecular complexity index is 1010. The van der Waals surface area contributed by atoms with Crippen molar-refractivity contribution in [3.63, 3.8) is 0 Å². The number of carbonyl (C=O) groups is 2. The van der Waals surface area contributed by atoms with Gasteiger partial charge in [0.25, 0.3) is 5.91 Å². The first-order valence-corrected chi connectivity index (χ1v) is 11.0. The van der Waals surface area contributed by atoms with Crippen LogP contribution in [0.2, 0.25) is 0 Å². The maximum atomic E-state index is 12.3. The first-order valence-electron chi connectivity index (χ1n) is 9.22. The Labute approximate surface area is 183 Å². The molecule has 0 saturated carbocycles. The van der Waals surface area contributed by atoms with Crippen molar-refractivity contribution >= 4 is 41.1 Å². The molecule has 0 aliphatic heterocycles. The van der Waals surface area contributed by atoms with Gasteiger partial charge in [0.05, 0.1) is 11.4 Å². The number of thioether (sulfide) groups is 1. The molecule has 1 N–H and O–H groups in total. The zero-order valence-corrected chi connectivity index (χ0v) is 18.3. The maximum absolute atomic E-state index is 12.3. The van der Waals surface area contributed by atoms with Gasteiger partial charge in [-0.25, -0.2) is 9.97 Å². The van der Waals surface area contributed by atoms with Crippen molar-refractivity contribution < 1.29 is 14.3 Å². The Balaban J connectivity index is 1.49. The number of ether oxygens (including phenoxy) is 1. The van der Waals surface area contributed by atoms with Gasteiger partial charge in [0, 0.05) is 21.2 Å². The number of hydrogen-bond donors (Lipinski definition) is 1. The summed E-state index contributed by atoms with van der Waals surface area (Å²) in [7, 11) is 0. The third kappa shape index (κ3) is 6.89. The van der Waals surface area contributed by atoms with Crippen LogP contribution in [0.4, 0.5) is 5.69 Å². The third-order valence-electron chi connectivity index (χ3n) is 3.78. The predicted molar refractivity (Wildman–Crippen MR) is 119 cm³/mol. The molecule has 6 nitrogen and oxygen atoms in total. The topological polar surface area (TPSA) is 81.2 Å². The van der Waals surface area contributed by atoms with Gasteiger partial charge in [-0.2, -0.15) is 0 Å². The van der Waals surface area contributed by atoms with E-state index in [1.54, 1.807) is 11.8 Å². The number of esters is 1. The highest BCUT2D eigenvalue weighted by Gasteiger charge is 2.12. The van der Waals surface area contributed by atoms with E-state index in [9.17, 15) is 9.59 Å². The summed E-state index contributed by atoms with van der Waals surface area (Å²) in [5, 5.41) is 3.32. The number of nitrogens with one attached hydrogen (secondary N) is 1. The summed E-state index contributed by atoms with van der Waals surface area (Å²) in [6, 6.07) is 19.2. The fourth-order valence-corrected chi connectivity index (χ4v) is 4.20. The third-order valence-corrected chi connectivity index (χ3v) is 5.68. The summed E-state index contributed by atoms with van der Waals surface area (Å²) >= 11 is 2.73. The van der Waals surface area contributed by atoms with Gasteiger partial charge in [0.1, 0.15) is 0 Å². The summed E-state index contributed by atoms with van der Waals surface area (Å²) in [5.74, 6) is -0.849. The Hall–Kier alpha value is -2.84. The Kier molecular flexibility index (Phi) is 7.87. The molecule has 1 amide bonds. The van der Waals surface area contributed by atoms with Gasteiger partial charge in [0.2, 0.25) is 0 Å². The molecule has 0 atom stereocenters. The van der Waals surface area contributed by atoms with Gasteiger partial charge in [-0.05, 0) is 44.2 Å². The Morgan fingerprint density at radius 2 is 1.63 bits per heavy atom. The number of rotatable bonds is 8. The molecule has 2 aromatic carbocycles. The molecule has 0 aliphatic rings. The van der Waals surface area contributed by atoms with Crippen LogP contribution in [0.15, 0.2) is 75.6 Å². The highest BCUT2D eigenvalue weighted by atomic mass is 32.2. The molecule has 0 fully saturated rings. The smallest absolute Gasteiger partial charge is 0.316 e. The number of para-hydroxylation sites is 1. The molecule has 0 radical (unpaired) electrons. The highest BCUT2D eigenvalue weighted by Crippen LogP contribution is 2.33. The van der Waals surface area contributed by atoms with E-state index < -0.39 is 11.9 Å². The van der Waals surface area contributed by atoms with Crippen LogP contribution in [0.5, 0.6) is 0 Å². The number of anilines is 1. The van der Waals surface area contributed by atoms with Crippen molar-refractivity contribution in [2.75, 3.05) is 17.7 Å². The predicted octanol–water partition coefficient (Wildman–Crippen LogP) is 4.52. The molecule has 1 heterocycles. The van der Waals surface area contributed by atoms with E-state index in [2.05, 4.69) is 15.3 Å². The molecule has 0 saturated heterocycles. The van der Waals surface area contributed by atoms with Crippen LogP contribution in [0.25, 0.3) is 0 Å². The molecule has 154 valence electrons. The lowest BCUT2D eigenvalue weighted by Crippen LogP contribution is -2.22. The number of hydrogen-bond acceptors (Lipinski definition) is 7. The molecule has 0 unspecified atom stereocenters. The monoisotopic (exact) mass is 439 g/mol. The minimum Gasteiger partial charge on any atom is -0.455 e. The van der Waals surface area contributed by atoms with Crippen molar-refractivity contribution in [1.29, 1.82) is 0 Å². The number of aryl methyl sites for hydroxylation is 2. The number of benzene rings is 2. The highest BCUT2D eigenvalue weighted by molar-refractivity contribution is 7.99. The SMILES string of the molecule is Cc1cc(C)nc(SCC(=O)OCC(=O)Nc2ccccc2Sc2ccccc2)n1. The van der Waals surface area contributed by atoms with E-state index in [0.717, 1.165) is 21.2 Å². The van der Waals surface area contributed by atoms with Crippen molar-refractivity contribution in [1.82, 2.24) is 9.97 Å². The van der Waals surface area contributed by atoms with Gasteiger partial charge in [-0.3, -0.25) is 9.59 Å². The Morgan fingerprint density at radius 1 is 0.967 bits per heavy atom. The molecule has 0 spiro atoms. The summed E-state index contributed by atoms with van der Waals surface area (Å²) in [6.07, 6.45) is 0. The molecule has 3 aromatic rings. The average Bonchev–Trinajstić information content (AvgIpc) is 2.72. The largest absolute Gasteiger partial charge is 0.455 e. The van der Waals surface area contributed by atoms with E-state index in [0.29, 0.717) is 10.8 Å². The van der Waals surface area contributed by atoms with E-state index in [4.69, 9.17) is 4.74 Å².